The van der Waals surface area contributed by atoms with Gasteiger partial charge in [0.2, 0.25) is 0 Å². The van der Waals surface area contributed by atoms with E-state index in [1.807, 2.05) is 62.0 Å². The van der Waals surface area contributed by atoms with Crippen molar-refractivity contribution < 1.29 is 19.1 Å². The van der Waals surface area contributed by atoms with Crippen LogP contribution in [0.2, 0.25) is 0 Å². The number of hydrogen-bond acceptors (Lipinski definition) is 6. The molecule has 8 heteroatoms. The molecule has 7 nitrogen and oxygen atoms in total. The Kier molecular flexibility index (Phi) is 6.85. The average Bonchev–Trinajstić information content (AvgIpc) is 3.48. The van der Waals surface area contributed by atoms with Crippen LogP contribution in [0.3, 0.4) is 0 Å². The molecule has 1 aliphatic rings. The van der Waals surface area contributed by atoms with E-state index in [4.69, 9.17) is 14.5 Å². The fraction of sp³-hybridized carbons (Fsp3) is 0.370. The fourth-order valence-corrected chi connectivity index (χ4v) is 4.81. The highest BCUT2D eigenvalue weighted by molar-refractivity contribution is 7.13. The van der Waals surface area contributed by atoms with Crippen molar-refractivity contribution in [1.29, 1.82) is 0 Å². The van der Waals surface area contributed by atoms with Gasteiger partial charge >= 0.3 is 5.97 Å². The number of imidazole rings is 1. The summed E-state index contributed by atoms with van der Waals surface area (Å²) in [5, 5.41) is 2.01. The molecule has 0 fully saturated rings. The number of carbonyl (C=O) groups excluding carboxylic acids is 2. The summed E-state index contributed by atoms with van der Waals surface area (Å²) in [6.07, 6.45) is 3.85. The van der Waals surface area contributed by atoms with Crippen LogP contribution in [0.15, 0.2) is 35.7 Å². The van der Waals surface area contributed by atoms with Crippen LogP contribution in [0.25, 0.3) is 27.9 Å². The van der Waals surface area contributed by atoms with Gasteiger partial charge in [-0.25, -0.2) is 9.78 Å². The average molecular weight is 494 g/mol. The van der Waals surface area contributed by atoms with Gasteiger partial charge in [-0.2, -0.15) is 0 Å². The molecule has 0 aliphatic carbocycles. The van der Waals surface area contributed by atoms with Crippen molar-refractivity contribution in [3.63, 3.8) is 0 Å². The van der Waals surface area contributed by atoms with Crippen molar-refractivity contribution in [3.05, 3.63) is 52.7 Å². The van der Waals surface area contributed by atoms with Crippen LogP contribution in [0, 0.1) is 0 Å². The van der Waals surface area contributed by atoms with Crippen molar-refractivity contribution in [2.24, 2.45) is 0 Å². The number of fused-ring (bicyclic) bond motifs is 3. The predicted octanol–water partition coefficient (Wildman–Crippen LogP) is 5.29. The van der Waals surface area contributed by atoms with Gasteiger partial charge in [0.15, 0.2) is 5.82 Å². The first-order chi connectivity index (χ1) is 16.7. The second-order valence-electron chi connectivity index (χ2n) is 9.38. The van der Waals surface area contributed by atoms with Crippen LogP contribution in [-0.4, -0.2) is 52.6 Å². The molecule has 0 spiro atoms. The van der Waals surface area contributed by atoms with Crippen LogP contribution in [0.4, 0.5) is 0 Å². The summed E-state index contributed by atoms with van der Waals surface area (Å²) in [6, 6.07) is 8.03. The lowest BCUT2D eigenvalue weighted by Gasteiger charge is -2.32. The van der Waals surface area contributed by atoms with Gasteiger partial charge in [-0.3, -0.25) is 4.79 Å². The monoisotopic (exact) mass is 493 g/mol. The number of benzene rings is 1. The summed E-state index contributed by atoms with van der Waals surface area (Å²) in [7, 11) is 3.43. The first-order valence-corrected chi connectivity index (χ1v) is 12.5. The molecular formula is C27H31N3O4S. The minimum absolute atomic E-state index is 0.110. The third kappa shape index (κ3) is 4.75. The summed E-state index contributed by atoms with van der Waals surface area (Å²) in [4.78, 5) is 33.1. The van der Waals surface area contributed by atoms with Gasteiger partial charge in [0.1, 0.15) is 11.4 Å². The van der Waals surface area contributed by atoms with Crippen LogP contribution in [-0.2, 0) is 22.5 Å². The van der Waals surface area contributed by atoms with Crippen LogP contribution in [0.1, 0.15) is 49.4 Å². The standard InChI is InChI=1S/C27H31N3O4S/c1-7-34-22(31)11-10-18-15-19-17(16-20(18)33-6)12-13-30-24(19)23(21-9-8-14-35-21)28-25(30)26(32)29(5)27(2,3)4/h8-11,14-16H,7,12-13H2,1-6H3/b11-10+. The minimum atomic E-state index is -0.408. The summed E-state index contributed by atoms with van der Waals surface area (Å²) < 4.78 is 12.7. The Morgan fingerprint density at radius 1 is 1.29 bits per heavy atom. The quantitative estimate of drug-likeness (QED) is 0.345. The predicted molar refractivity (Wildman–Crippen MR) is 139 cm³/mol. The summed E-state index contributed by atoms with van der Waals surface area (Å²) >= 11 is 1.59. The van der Waals surface area contributed by atoms with E-state index in [-0.39, 0.29) is 11.4 Å². The van der Waals surface area contributed by atoms with E-state index >= 15 is 0 Å². The van der Waals surface area contributed by atoms with E-state index in [1.165, 1.54) is 6.08 Å². The number of ether oxygens (including phenoxy) is 2. The van der Waals surface area contributed by atoms with Gasteiger partial charge in [-0.1, -0.05) is 6.07 Å². The van der Waals surface area contributed by atoms with Crippen LogP contribution >= 0.6 is 11.3 Å². The Morgan fingerprint density at radius 3 is 2.69 bits per heavy atom. The largest absolute Gasteiger partial charge is 0.496 e. The Labute approximate surface area is 210 Å². The Morgan fingerprint density at radius 2 is 2.06 bits per heavy atom. The number of methoxy groups -OCH3 is 1. The van der Waals surface area contributed by atoms with Crippen molar-refractivity contribution in [2.45, 2.75) is 46.2 Å². The topological polar surface area (TPSA) is 73.7 Å². The Bertz CT molecular complexity index is 1280. The summed E-state index contributed by atoms with van der Waals surface area (Å²) in [5.74, 6) is 0.597. The molecule has 0 bridgehead atoms. The van der Waals surface area contributed by atoms with E-state index in [0.717, 1.165) is 39.4 Å². The Hall–Kier alpha value is -3.39. The van der Waals surface area contributed by atoms with Crippen molar-refractivity contribution in [3.8, 4) is 27.6 Å². The highest BCUT2D eigenvalue weighted by atomic mass is 32.1. The Balaban J connectivity index is 1.90. The smallest absolute Gasteiger partial charge is 0.330 e. The molecule has 0 radical (unpaired) electrons. The normalized spacial score (nSPS) is 12.9. The molecule has 184 valence electrons. The zero-order valence-corrected chi connectivity index (χ0v) is 21.9. The zero-order valence-electron chi connectivity index (χ0n) is 21.0. The van der Waals surface area contributed by atoms with Crippen molar-refractivity contribution in [1.82, 2.24) is 14.5 Å². The summed E-state index contributed by atoms with van der Waals surface area (Å²) in [5.41, 5.74) is 4.21. The molecule has 0 saturated heterocycles. The molecule has 3 heterocycles. The second-order valence-corrected chi connectivity index (χ2v) is 10.3. The van der Waals surface area contributed by atoms with Gasteiger partial charge in [0.05, 0.1) is 24.3 Å². The maximum Gasteiger partial charge on any atom is 0.330 e. The van der Waals surface area contributed by atoms with Gasteiger partial charge in [0, 0.05) is 36.3 Å². The van der Waals surface area contributed by atoms with E-state index in [0.29, 0.717) is 24.7 Å². The maximum absolute atomic E-state index is 13.5. The van der Waals surface area contributed by atoms with Crippen molar-refractivity contribution >= 4 is 29.3 Å². The zero-order chi connectivity index (χ0) is 25.3. The number of carbonyl (C=O) groups is 2. The molecule has 2 aromatic heterocycles. The molecule has 35 heavy (non-hydrogen) atoms. The number of aryl methyl sites for hydroxylation is 1. The highest BCUT2D eigenvalue weighted by Gasteiger charge is 2.33. The molecule has 0 N–H and O–H groups in total. The molecule has 0 unspecified atom stereocenters. The number of amides is 1. The summed E-state index contributed by atoms with van der Waals surface area (Å²) in [6.45, 7) is 8.75. The second kappa shape index (κ2) is 9.70. The lowest BCUT2D eigenvalue weighted by atomic mass is 9.93. The number of aromatic nitrogens is 2. The fourth-order valence-electron chi connectivity index (χ4n) is 4.10. The number of esters is 1. The van der Waals surface area contributed by atoms with Gasteiger partial charge in [0.25, 0.3) is 5.91 Å². The van der Waals surface area contributed by atoms with E-state index < -0.39 is 5.97 Å². The van der Waals surface area contributed by atoms with E-state index in [1.54, 1.807) is 36.3 Å². The number of hydrogen-bond donors (Lipinski definition) is 0. The number of rotatable bonds is 6. The van der Waals surface area contributed by atoms with Gasteiger partial charge < -0.3 is 18.9 Å². The molecule has 1 aromatic carbocycles. The number of thiophene rings is 1. The SMILES string of the molecule is CCOC(=O)/C=C/c1cc2c(cc1OC)CCn1c(C(=O)N(C)C(C)(C)C)nc(-c3cccs3)c1-2. The molecule has 0 atom stereocenters. The van der Waals surface area contributed by atoms with Crippen LogP contribution < -0.4 is 4.74 Å². The van der Waals surface area contributed by atoms with E-state index in [9.17, 15) is 9.59 Å². The first kappa shape index (κ1) is 24.7. The molecule has 1 amide bonds. The lowest BCUT2D eigenvalue weighted by molar-refractivity contribution is -0.137. The molecule has 3 aromatic rings. The van der Waals surface area contributed by atoms with Crippen molar-refractivity contribution in [2.75, 3.05) is 20.8 Å². The van der Waals surface area contributed by atoms with E-state index in [2.05, 4.69) is 0 Å². The van der Waals surface area contributed by atoms with Gasteiger partial charge in [-0.05, 0) is 69.3 Å². The number of nitrogens with zero attached hydrogens (tertiary/aromatic N) is 3. The third-order valence-corrected chi connectivity index (χ3v) is 7.10. The van der Waals surface area contributed by atoms with Crippen LogP contribution in [0.5, 0.6) is 5.75 Å². The first-order valence-electron chi connectivity index (χ1n) is 11.6. The minimum Gasteiger partial charge on any atom is -0.496 e. The molecular weight excluding hydrogens is 462 g/mol. The highest BCUT2D eigenvalue weighted by Crippen LogP contribution is 2.42. The molecule has 4 rings (SSSR count). The third-order valence-electron chi connectivity index (χ3n) is 6.23. The molecule has 0 saturated carbocycles. The maximum atomic E-state index is 13.5. The molecule has 1 aliphatic heterocycles. The van der Waals surface area contributed by atoms with Gasteiger partial charge in [-0.15, -0.1) is 11.3 Å². The lowest BCUT2D eigenvalue weighted by Crippen LogP contribution is -2.43.